The van der Waals surface area contributed by atoms with Gasteiger partial charge in [0.05, 0.1) is 12.2 Å². The SMILES string of the molecule is CCOC(=O)C1=C(C(F)(F)F)CS[C@H]2[C@@H](N)C(=O)N12. The van der Waals surface area contributed by atoms with Gasteiger partial charge in [-0.25, -0.2) is 4.79 Å². The molecule has 1 saturated heterocycles. The number of hydrogen-bond acceptors (Lipinski definition) is 5. The zero-order chi connectivity index (χ0) is 14.4. The van der Waals surface area contributed by atoms with Crippen LogP contribution in [0.3, 0.4) is 0 Å². The molecule has 0 aromatic heterocycles. The molecule has 0 bridgehead atoms. The van der Waals surface area contributed by atoms with E-state index in [9.17, 15) is 22.8 Å². The second-order valence-electron chi connectivity index (χ2n) is 3.98. The largest absolute Gasteiger partial charge is 0.461 e. The molecule has 2 aliphatic heterocycles. The molecule has 2 rings (SSSR count). The summed E-state index contributed by atoms with van der Waals surface area (Å²) in [5.41, 5.74) is 3.73. The van der Waals surface area contributed by atoms with Crippen LogP contribution in [0.4, 0.5) is 13.2 Å². The van der Waals surface area contributed by atoms with Gasteiger partial charge in [0, 0.05) is 5.75 Å². The average molecular weight is 296 g/mol. The molecule has 106 valence electrons. The number of amides is 1. The van der Waals surface area contributed by atoms with E-state index < -0.39 is 46.5 Å². The van der Waals surface area contributed by atoms with Crippen LogP contribution in [0.5, 0.6) is 0 Å². The summed E-state index contributed by atoms with van der Waals surface area (Å²) in [4.78, 5) is 24.0. The van der Waals surface area contributed by atoms with Gasteiger partial charge in [0.15, 0.2) is 0 Å². The van der Waals surface area contributed by atoms with Crippen molar-refractivity contribution in [3.63, 3.8) is 0 Å². The fourth-order valence-corrected chi connectivity index (χ4v) is 3.24. The molecule has 5 nitrogen and oxygen atoms in total. The zero-order valence-corrected chi connectivity index (χ0v) is 10.7. The first-order valence-electron chi connectivity index (χ1n) is 5.46. The Balaban J connectivity index is 2.44. The second kappa shape index (κ2) is 4.71. The zero-order valence-electron chi connectivity index (χ0n) is 9.86. The minimum atomic E-state index is -4.68. The van der Waals surface area contributed by atoms with E-state index in [-0.39, 0.29) is 6.61 Å². The third kappa shape index (κ3) is 2.20. The topological polar surface area (TPSA) is 72.6 Å². The highest BCUT2D eigenvalue weighted by Gasteiger charge is 2.55. The van der Waals surface area contributed by atoms with Crippen molar-refractivity contribution in [3.8, 4) is 0 Å². The fraction of sp³-hybridized carbons (Fsp3) is 0.600. The molecule has 2 aliphatic rings. The van der Waals surface area contributed by atoms with E-state index in [2.05, 4.69) is 4.74 Å². The Labute approximate surface area is 110 Å². The minimum Gasteiger partial charge on any atom is -0.461 e. The van der Waals surface area contributed by atoms with Gasteiger partial charge in [0.1, 0.15) is 17.1 Å². The van der Waals surface area contributed by atoms with Gasteiger partial charge in [-0.05, 0) is 6.92 Å². The predicted octanol–water partition coefficient (Wildman–Crippen LogP) is 0.608. The molecule has 19 heavy (non-hydrogen) atoms. The lowest BCUT2D eigenvalue weighted by molar-refractivity contribution is -0.152. The first-order valence-corrected chi connectivity index (χ1v) is 6.51. The normalized spacial score (nSPS) is 27.0. The van der Waals surface area contributed by atoms with Gasteiger partial charge in [-0.3, -0.25) is 9.69 Å². The van der Waals surface area contributed by atoms with Crippen LogP contribution >= 0.6 is 11.8 Å². The van der Waals surface area contributed by atoms with Crippen molar-refractivity contribution in [1.29, 1.82) is 0 Å². The first kappa shape index (κ1) is 14.2. The number of thioether (sulfide) groups is 1. The lowest BCUT2D eigenvalue weighted by Crippen LogP contribution is -2.68. The number of esters is 1. The Bertz CT molecular complexity index is 463. The maximum absolute atomic E-state index is 12.9. The molecule has 0 saturated carbocycles. The van der Waals surface area contributed by atoms with Crippen molar-refractivity contribution in [3.05, 3.63) is 11.3 Å². The summed E-state index contributed by atoms with van der Waals surface area (Å²) in [5.74, 6) is -2.25. The third-order valence-electron chi connectivity index (χ3n) is 2.82. The monoisotopic (exact) mass is 296 g/mol. The number of β-lactam (4-membered cyclic amide) rings is 1. The van der Waals surface area contributed by atoms with Crippen molar-refractivity contribution >= 4 is 23.6 Å². The number of carbonyl (C=O) groups excluding carboxylic acids is 2. The van der Waals surface area contributed by atoms with Crippen LogP contribution in [-0.4, -0.2) is 46.7 Å². The molecule has 1 amide bonds. The Morgan fingerprint density at radius 1 is 1.58 bits per heavy atom. The molecule has 0 aromatic carbocycles. The number of rotatable bonds is 2. The fourth-order valence-electron chi connectivity index (χ4n) is 1.92. The Kier molecular flexibility index (Phi) is 3.52. The standard InChI is InChI=1S/C10H11F3N2O3S/c1-2-18-9(17)6-4(10(11,12)13)3-19-8-5(14)7(16)15(6)8/h5,8H,2-3,14H2,1H3/t5-,8-/m0/s1. The maximum Gasteiger partial charge on any atom is 0.415 e. The quantitative estimate of drug-likeness (QED) is 0.597. The molecule has 2 heterocycles. The number of carbonyl (C=O) groups is 2. The molecule has 2 N–H and O–H groups in total. The van der Waals surface area contributed by atoms with Gasteiger partial charge < -0.3 is 10.5 Å². The Morgan fingerprint density at radius 2 is 2.21 bits per heavy atom. The van der Waals surface area contributed by atoms with Crippen molar-refractivity contribution in [2.45, 2.75) is 24.5 Å². The summed E-state index contributed by atoms with van der Waals surface area (Å²) >= 11 is 0.893. The number of nitrogens with zero attached hydrogens (tertiary/aromatic N) is 1. The number of halogens is 3. The summed E-state index contributed by atoms with van der Waals surface area (Å²) in [6.07, 6.45) is -4.68. The Hall–Kier alpha value is -1.22. The Morgan fingerprint density at radius 3 is 2.74 bits per heavy atom. The number of hydrogen-bond donors (Lipinski definition) is 1. The predicted molar refractivity (Wildman–Crippen MR) is 60.8 cm³/mol. The molecule has 9 heteroatoms. The van der Waals surface area contributed by atoms with Gasteiger partial charge in [-0.1, -0.05) is 0 Å². The highest BCUT2D eigenvalue weighted by atomic mass is 32.2. The van der Waals surface area contributed by atoms with Crippen LogP contribution in [-0.2, 0) is 14.3 Å². The summed E-state index contributed by atoms with van der Waals surface area (Å²) in [5, 5.41) is -0.627. The van der Waals surface area contributed by atoms with Crippen molar-refractivity contribution in [2.75, 3.05) is 12.4 Å². The summed E-state index contributed by atoms with van der Waals surface area (Å²) in [7, 11) is 0. The molecule has 0 aromatic rings. The smallest absolute Gasteiger partial charge is 0.415 e. The molecule has 2 atom stereocenters. The molecular formula is C10H11F3N2O3S. The van der Waals surface area contributed by atoms with Crippen LogP contribution in [0.25, 0.3) is 0 Å². The molecular weight excluding hydrogens is 285 g/mol. The van der Waals surface area contributed by atoms with Crippen LogP contribution in [0.2, 0.25) is 0 Å². The maximum atomic E-state index is 12.9. The minimum absolute atomic E-state index is 0.0701. The van der Waals surface area contributed by atoms with Crippen molar-refractivity contribution in [1.82, 2.24) is 4.90 Å². The van der Waals surface area contributed by atoms with Crippen LogP contribution < -0.4 is 5.73 Å². The summed E-state index contributed by atoms with van der Waals surface area (Å²) in [6.45, 7) is 1.41. The van der Waals surface area contributed by atoms with E-state index in [1.165, 1.54) is 6.92 Å². The van der Waals surface area contributed by atoms with E-state index >= 15 is 0 Å². The van der Waals surface area contributed by atoms with Crippen molar-refractivity contribution < 1.29 is 27.5 Å². The van der Waals surface area contributed by atoms with Crippen LogP contribution in [0.1, 0.15) is 6.92 Å². The number of fused-ring (bicyclic) bond motifs is 1. The number of ether oxygens (including phenoxy) is 1. The van der Waals surface area contributed by atoms with Gasteiger partial charge in [0.2, 0.25) is 5.91 Å². The second-order valence-corrected chi connectivity index (χ2v) is 5.09. The van der Waals surface area contributed by atoms with Gasteiger partial charge >= 0.3 is 12.1 Å². The van der Waals surface area contributed by atoms with Crippen LogP contribution in [0.15, 0.2) is 11.3 Å². The lowest BCUT2D eigenvalue weighted by Gasteiger charge is -2.48. The molecule has 0 radical (unpaired) electrons. The third-order valence-corrected chi connectivity index (χ3v) is 4.12. The van der Waals surface area contributed by atoms with Gasteiger partial charge in [-0.15, -0.1) is 11.8 Å². The highest BCUT2D eigenvalue weighted by molar-refractivity contribution is 8.00. The van der Waals surface area contributed by atoms with E-state index in [0.29, 0.717) is 0 Å². The lowest BCUT2D eigenvalue weighted by atomic mass is 10.0. The molecule has 0 unspecified atom stereocenters. The molecule has 0 spiro atoms. The van der Waals surface area contributed by atoms with E-state index in [0.717, 1.165) is 16.7 Å². The average Bonchev–Trinajstić information content (AvgIpc) is 2.35. The van der Waals surface area contributed by atoms with Crippen LogP contribution in [0, 0.1) is 0 Å². The number of alkyl halides is 3. The summed E-state index contributed by atoms with van der Waals surface area (Å²) < 4.78 is 43.3. The molecule has 0 aliphatic carbocycles. The van der Waals surface area contributed by atoms with E-state index in [4.69, 9.17) is 5.73 Å². The number of nitrogens with two attached hydrogens (primary N) is 1. The molecule has 1 fully saturated rings. The van der Waals surface area contributed by atoms with Gasteiger partial charge in [-0.2, -0.15) is 13.2 Å². The summed E-state index contributed by atoms with van der Waals surface area (Å²) in [6, 6.07) is -0.871. The van der Waals surface area contributed by atoms with E-state index in [1.807, 2.05) is 0 Å². The van der Waals surface area contributed by atoms with Gasteiger partial charge in [0.25, 0.3) is 0 Å². The van der Waals surface area contributed by atoms with Crippen molar-refractivity contribution in [2.24, 2.45) is 5.73 Å². The first-order chi connectivity index (χ1) is 8.79. The van der Waals surface area contributed by atoms with E-state index in [1.54, 1.807) is 0 Å². The highest BCUT2D eigenvalue weighted by Crippen LogP contribution is 2.44.